The molecule has 2 heterocycles. The van der Waals surface area contributed by atoms with Crippen LogP contribution in [-0.2, 0) is 11.2 Å². The van der Waals surface area contributed by atoms with Gasteiger partial charge >= 0.3 is 0 Å². The fourth-order valence-corrected chi connectivity index (χ4v) is 3.21. The number of hydrogen-bond acceptors (Lipinski definition) is 5. The van der Waals surface area contributed by atoms with E-state index in [2.05, 4.69) is 25.2 Å². The number of carbonyl (C=O) groups excluding carboxylic acids is 1. The summed E-state index contributed by atoms with van der Waals surface area (Å²) in [5.41, 5.74) is 2.19. The van der Waals surface area contributed by atoms with Gasteiger partial charge in [0.1, 0.15) is 17.2 Å². The van der Waals surface area contributed by atoms with Crippen LogP contribution in [0.2, 0.25) is 0 Å². The van der Waals surface area contributed by atoms with Crippen molar-refractivity contribution in [1.29, 1.82) is 0 Å². The van der Waals surface area contributed by atoms with Gasteiger partial charge < -0.3 is 5.32 Å². The molecule has 1 amide bonds. The van der Waals surface area contributed by atoms with Crippen molar-refractivity contribution in [2.45, 2.75) is 38.6 Å². The van der Waals surface area contributed by atoms with Crippen molar-refractivity contribution in [3.05, 3.63) is 47.0 Å². The van der Waals surface area contributed by atoms with Gasteiger partial charge in [0.15, 0.2) is 0 Å². The maximum atomic E-state index is 13.3. The number of nitrogens with zero attached hydrogens (tertiary/aromatic N) is 3. The third-order valence-electron chi connectivity index (χ3n) is 4.65. The Kier molecular flexibility index (Phi) is 5.75. The molecule has 0 bridgehead atoms. The summed E-state index contributed by atoms with van der Waals surface area (Å²) in [7, 11) is 0. The highest BCUT2D eigenvalue weighted by Crippen LogP contribution is 2.24. The van der Waals surface area contributed by atoms with Gasteiger partial charge in [0, 0.05) is 6.54 Å². The lowest BCUT2D eigenvalue weighted by molar-refractivity contribution is -0.120. The van der Waals surface area contributed by atoms with Crippen LogP contribution in [0.3, 0.4) is 0 Å². The van der Waals surface area contributed by atoms with E-state index in [1.165, 1.54) is 18.6 Å². The summed E-state index contributed by atoms with van der Waals surface area (Å²) in [6.45, 7) is 4.22. The second-order valence-corrected chi connectivity index (χ2v) is 6.44. The lowest BCUT2D eigenvalue weighted by Gasteiger charge is -2.35. The molecule has 7 heteroatoms. The van der Waals surface area contributed by atoms with Crippen LogP contribution < -0.4 is 5.32 Å². The minimum atomic E-state index is -0.251. The molecule has 3 rings (SSSR count). The second-order valence-electron chi connectivity index (χ2n) is 6.44. The van der Waals surface area contributed by atoms with Gasteiger partial charge in [-0.2, -0.15) is 0 Å². The van der Waals surface area contributed by atoms with E-state index in [0.29, 0.717) is 17.9 Å². The maximum absolute atomic E-state index is 13.3. The molecule has 2 aromatic rings. The number of benzene rings is 1. The first kappa shape index (κ1) is 17.5. The van der Waals surface area contributed by atoms with E-state index in [1.807, 2.05) is 0 Å². The first-order valence-electron chi connectivity index (χ1n) is 8.68. The highest BCUT2D eigenvalue weighted by molar-refractivity contribution is 5.78. The molecule has 1 atom stereocenters. The summed E-state index contributed by atoms with van der Waals surface area (Å²) in [6, 6.07) is 6.58. The van der Waals surface area contributed by atoms with Crippen LogP contribution in [0.25, 0.3) is 0 Å². The Morgan fingerprint density at radius 2 is 1.96 bits per heavy atom. The molecule has 25 heavy (non-hydrogen) atoms. The first-order chi connectivity index (χ1) is 12.1. The van der Waals surface area contributed by atoms with Crippen LogP contribution in [0.1, 0.15) is 42.3 Å². The molecule has 0 spiro atoms. The number of rotatable bonds is 6. The van der Waals surface area contributed by atoms with Crippen LogP contribution in [0, 0.1) is 12.7 Å². The van der Waals surface area contributed by atoms with E-state index in [9.17, 15) is 9.18 Å². The molecule has 0 aliphatic carbocycles. The smallest absolute Gasteiger partial charge is 0.226 e. The second kappa shape index (κ2) is 8.20. The van der Waals surface area contributed by atoms with Crippen molar-refractivity contribution in [2.75, 3.05) is 19.6 Å². The quantitative estimate of drug-likeness (QED) is 0.870. The van der Waals surface area contributed by atoms with Gasteiger partial charge in [-0.15, -0.1) is 0 Å². The lowest BCUT2D eigenvalue weighted by atomic mass is 10.0. The number of aromatic nitrogens is 2. The normalized spacial score (nSPS) is 16.6. The summed E-state index contributed by atoms with van der Waals surface area (Å²) >= 11 is 0. The van der Waals surface area contributed by atoms with Crippen molar-refractivity contribution >= 4 is 5.91 Å². The Bertz CT molecular complexity index is 695. The predicted octanol–water partition coefficient (Wildman–Crippen LogP) is 2.40. The molecule has 1 aromatic carbocycles. The SMILES string of the molecule is Cc1nonc1CC(=O)NCC(c1ccc(F)cc1)N1CCCCC1. The highest BCUT2D eigenvalue weighted by Gasteiger charge is 2.23. The van der Waals surface area contributed by atoms with Gasteiger partial charge in [-0.25, -0.2) is 9.02 Å². The minimum Gasteiger partial charge on any atom is -0.354 e. The zero-order valence-electron chi connectivity index (χ0n) is 14.4. The topological polar surface area (TPSA) is 71.3 Å². The number of hydrogen-bond donors (Lipinski definition) is 1. The largest absolute Gasteiger partial charge is 0.354 e. The number of piperidine rings is 1. The third kappa shape index (κ3) is 4.63. The van der Waals surface area contributed by atoms with Gasteiger partial charge in [0.05, 0.1) is 12.5 Å². The fourth-order valence-electron chi connectivity index (χ4n) is 3.21. The average molecular weight is 346 g/mol. The minimum absolute atomic E-state index is 0.0429. The van der Waals surface area contributed by atoms with Gasteiger partial charge in [-0.3, -0.25) is 9.69 Å². The molecular weight excluding hydrogens is 323 g/mol. The molecule has 1 fully saturated rings. The van der Waals surface area contributed by atoms with Gasteiger partial charge in [-0.1, -0.05) is 28.9 Å². The molecule has 6 nitrogen and oxygen atoms in total. The van der Waals surface area contributed by atoms with Gasteiger partial charge in [0.2, 0.25) is 5.91 Å². The van der Waals surface area contributed by atoms with E-state index >= 15 is 0 Å². The monoisotopic (exact) mass is 346 g/mol. The number of amides is 1. The van der Waals surface area contributed by atoms with E-state index in [0.717, 1.165) is 31.5 Å². The molecule has 0 saturated carbocycles. The van der Waals surface area contributed by atoms with E-state index in [1.54, 1.807) is 19.1 Å². The molecule has 1 saturated heterocycles. The molecule has 1 aliphatic heterocycles. The predicted molar refractivity (Wildman–Crippen MR) is 90.3 cm³/mol. The Balaban J connectivity index is 1.65. The zero-order valence-corrected chi connectivity index (χ0v) is 14.4. The Morgan fingerprint density at radius 3 is 2.60 bits per heavy atom. The molecule has 1 N–H and O–H groups in total. The maximum Gasteiger partial charge on any atom is 0.226 e. The first-order valence-corrected chi connectivity index (χ1v) is 8.68. The van der Waals surface area contributed by atoms with Gasteiger partial charge in [0.25, 0.3) is 0 Å². The molecule has 1 unspecified atom stereocenters. The standard InChI is InChI=1S/C18H23FN4O2/c1-13-16(22-25-21-13)11-18(24)20-12-17(23-9-3-2-4-10-23)14-5-7-15(19)8-6-14/h5-8,17H,2-4,9-12H2,1H3,(H,20,24). The number of likely N-dealkylation sites (tertiary alicyclic amines) is 1. The van der Waals surface area contributed by atoms with Crippen LogP contribution in [0.5, 0.6) is 0 Å². The van der Waals surface area contributed by atoms with Crippen molar-refractivity contribution in [3.8, 4) is 0 Å². The van der Waals surface area contributed by atoms with Crippen LogP contribution in [-0.4, -0.2) is 40.8 Å². The van der Waals surface area contributed by atoms with Crippen LogP contribution >= 0.6 is 0 Å². The highest BCUT2D eigenvalue weighted by atomic mass is 19.1. The van der Waals surface area contributed by atoms with E-state index < -0.39 is 0 Å². The summed E-state index contributed by atoms with van der Waals surface area (Å²) in [5, 5.41) is 10.4. The lowest BCUT2D eigenvalue weighted by Crippen LogP contribution is -2.41. The summed E-state index contributed by atoms with van der Waals surface area (Å²) in [6.07, 6.45) is 3.67. The van der Waals surface area contributed by atoms with E-state index in [4.69, 9.17) is 0 Å². The Labute approximate surface area is 146 Å². The molecule has 1 aliphatic rings. The average Bonchev–Trinajstić information content (AvgIpc) is 3.02. The third-order valence-corrected chi connectivity index (χ3v) is 4.65. The number of aryl methyl sites for hydroxylation is 1. The number of carbonyl (C=O) groups is 1. The Morgan fingerprint density at radius 1 is 1.24 bits per heavy atom. The number of halogens is 1. The zero-order chi connectivity index (χ0) is 17.6. The van der Waals surface area contributed by atoms with E-state index in [-0.39, 0.29) is 24.2 Å². The molecule has 0 radical (unpaired) electrons. The van der Waals surface area contributed by atoms with Crippen LogP contribution in [0.4, 0.5) is 4.39 Å². The summed E-state index contributed by atoms with van der Waals surface area (Å²) in [4.78, 5) is 14.6. The van der Waals surface area contributed by atoms with Crippen molar-refractivity contribution < 1.29 is 13.8 Å². The molecule has 134 valence electrons. The molecule has 1 aromatic heterocycles. The fraction of sp³-hybridized carbons (Fsp3) is 0.500. The Hall–Kier alpha value is -2.28. The van der Waals surface area contributed by atoms with Crippen LogP contribution in [0.15, 0.2) is 28.9 Å². The van der Waals surface area contributed by atoms with Crippen molar-refractivity contribution in [3.63, 3.8) is 0 Å². The van der Waals surface area contributed by atoms with Crippen molar-refractivity contribution in [2.24, 2.45) is 0 Å². The number of nitrogens with one attached hydrogen (secondary N) is 1. The molecular formula is C18H23FN4O2. The van der Waals surface area contributed by atoms with Crippen molar-refractivity contribution in [1.82, 2.24) is 20.5 Å². The summed E-state index contributed by atoms with van der Waals surface area (Å²) in [5.74, 6) is -0.373. The summed E-state index contributed by atoms with van der Waals surface area (Å²) < 4.78 is 17.9. The van der Waals surface area contributed by atoms with Gasteiger partial charge in [-0.05, 0) is 50.6 Å².